The molecule has 45 heavy (non-hydrogen) atoms. The van der Waals surface area contributed by atoms with E-state index in [0.29, 0.717) is 43.7 Å². The van der Waals surface area contributed by atoms with Crippen LogP contribution >= 0.6 is 22.9 Å². The third-order valence-corrected chi connectivity index (χ3v) is 11.5. The molecule has 2 bridgehead atoms. The molecule has 0 spiro atoms. The molecule has 0 radical (unpaired) electrons. The van der Waals surface area contributed by atoms with E-state index in [4.69, 9.17) is 33.6 Å². The van der Waals surface area contributed by atoms with Crippen LogP contribution in [0.2, 0.25) is 5.02 Å². The Balaban J connectivity index is 1.29. The van der Waals surface area contributed by atoms with Crippen molar-refractivity contribution in [1.29, 1.82) is 0 Å². The Hall–Kier alpha value is -3.37. The lowest BCUT2D eigenvalue weighted by atomic mass is 9.95. The third kappa shape index (κ3) is 4.53. The van der Waals surface area contributed by atoms with Gasteiger partial charge in [-0.3, -0.25) is 4.90 Å². The molecule has 5 heterocycles. The first-order valence-electron chi connectivity index (χ1n) is 15.2. The van der Waals surface area contributed by atoms with Gasteiger partial charge in [-0.2, -0.15) is 9.97 Å². The van der Waals surface area contributed by atoms with E-state index in [2.05, 4.69) is 14.7 Å². The maximum atomic E-state index is 16.9. The van der Waals surface area contributed by atoms with Crippen LogP contribution in [0, 0.1) is 30.0 Å². The lowest BCUT2D eigenvalue weighted by molar-refractivity contribution is 0.107. The molecule has 4 aromatic rings. The molecule has 13 heteroatoms. The number of hydrogen-bond donors (Lipinski definition) is 2. The molecule has 234 valence electrons. The van der Waals surface area contributed by atoms with Crippen molar-refractivity contribution < 1.29 is 23.0 Å². The van der Waals surface area contributed by atoms with Crippen LogP contribution in [0.4, 0.5) is 29.7 Å². The van der Waals surface area contributed by atoms with Gasteiger partial charge in [-0.25, -0.2) is 18.0 Å². The second kappa shape index (κ2) is 10.6. The van der Waals surface area contributed by atoms with E-state index in [0.717, 1.165) is 37.1 Å². The number of nitrogen functional groups attached to an aromatic ring is 1. The van der Waals surface area contributed by atoms with Gasteiger partial charge in [0.25, 0.3) is 0 Å². The standard InChI is InChI=1S/C32H30ClF3N6O2S/c1-38-27-24-18(3-4-21(35)28(24)45-29(27)37)23-20(33)9-19-26(25(23)36)39-31(44-14-32-5-2-6-42(32)13-17(34)10-32)40-30(19)41-11-15-7-16(12-41)22(43)8-15/h3-4,9,15-17,22,43H,2,5-8,10-14,37H2/t15?,16?,17-,22?,32+/m1/s1. The Labute approximate surface area is 266 Å². The van der Waals surface area contributed by atoms with Gasteiger partial charge >= 0.3 is 6.01 Å². The highest BCUT2D eigenvalue weighted by molar-refractivity contribution is 7.23. The molecule has 5 atom stereocenters. The fraction of sp³-hybridized carbons (Fsp3) is 0.469. The molecule has 3 saturated heterocycles. The van der Waals surface area contributed by atoms with Crippen molar-refractivity contribution in [3.8, 4) is 17.1 Å². The Morgan fingerprint density at radius 2 is 2.07 bits per heavy atom. The van der Waals surface area contributed by atoms with Crippen molar-refractivity contribution in [2.75, 3.05) is 43.4 Å². The number of aromatic nitrogens is 2. The minimum Gasteiger partial charge on any atom is -0.461 e. The molecule has 8 nitrogen and oxygen atoms in total. The average Bonchev–Trinajstić information content (AvgIpc) is 3.72. The number of alkyl halides is 1. The lowest BCUT2D eigenvalue weighted by Gasteiger charge is -2.34. The summed E-state index contributed by atoms with van der Waals surface area (Å²) in [5.74, 6) is -0.547. The Morgan fingerprint density at radius 3 is 2.87 bits per heavy atom. The van der Waals surface area contributed by atoms with Gasteiger partial charge in [0.05, 0.1) is 32.9 Å². The first-order chi connectivity index (χ1) is 21.7. The highest BCUT2D eigenvalue weighted by Gasteiger charge is 2.49. The fourth-order valence-electron chi connectivity index (χ4n) is 8.26. The highest BCUT2D eigenvalue weighted by atomic mass is 35.5. The molecule has 2 aromatic carbocycles. The van der Waals surface area contributed by atoms with Crippen molar-refractivity contribution >= 4 is 60.4 Å². The zero-order chi connectivity index (χ0) is 31.2. The predicted octanol–water partition coefficient (Wildman–Crippen LogP) is 6.74. The van der Waals surface area contributed by atoms with E-state index >= 15 is 4.39 Å². The zero-order valence-electron chi connectivity index (χ0n) is 24.2. The van der Waals surface area contributed by atoms with Gasteiger partial charge in [0.15, 0.2) is 5.82 Å². The molecule has 1 saturated carbocycles. The van der Waals surface area contributed by atoms with Gasteiger partial charge in [-0.15, -0.1) is 11.3 Å². The van der Waals surface area contributed by atoms with Crippen LogP contribution < -0.4 is 15.4 Å². The lowest BCUT2D eigenvalue weighted by Crippen LogP contribution is -2.43. The fourth-order valence-corrected chi connectivity index (χ4v) is 9.49. The maximum Gasteiger partial charge on any atom is 0.319 e. The van der Waals surface area contributed by atoms with Gasteiger partial charge in [-0.1, -0.05) is 17.7 Å². The quantitative estimate of drug-likeness (QED) is 0.230. The van der Waals surface area contributed by atoms with Crippen LogP contribution in [0.1, 0.15) is 32.1 Å². The van der Waals surface area contributed by atoms with Gasteiger partial charge < -0.3 is 20.5 Å². The normalized spacial score (nSPS) is 27.9. The van der Waals surface area contributed by atoms with Crippen molar-refractivity contribution in [3.05, 3.63) is 46.3 Å². The predicted molar refractivity (Wildman–Crippen MR) is 169 cm³/mol. The maximum absolute atomic E-state index is 16.9. The summed E-state index contributed by atoms with van der Waals surface area (Å²) in [5.41, 5.74) is 5.82. The summed E-state index contributed by atoms with van der Waals surface area (Å²) < 4.78 is 52.6. The summed E-state index contributed by atoms with van der Waals surface area (Å²) in [6.07, 6.45) is 2.38. The van der Waals surface area contributed by atoms with Crippen LogP contribution in [-0.4, -0.2) is 70.6 Å². The smallest absolute Gasteiger partial charge is 0.319 e. The number of benzene rings is 2. The van der Waals surface area contributed by atoms with Crippen molar-refractivity contribution in [2.24, 2.45) is 11.8 Å². The molecular weight excluding hydrogens is 625 g/mol. The van der Waals surface area contributed by atoms with E-state index in [-0.39, 0.29) is 66.9 Å². The largest absolute Gasteiger partial charge is 0.461 e. The molecule has 4 aliphatic rings. The molecule has 3 aliphatic heterocycles. The summed E-state index contributed by atoms with van der Waals surface area (Å²) in [6.45, 7) is 10.2. The third-order valence-electron chi connectivity index (χ3n) is 10.2. The molecule has 3 N–H and O–H groups in total. The SMILES string of the molecule is [C-]#[N+]c1c(N)sc2c(F)ccc(-c3c(Cl)cc4c(N5CC6CC(O)C(C6)C5)nc(OC[C@@]56CCCN5C[C@H](F)C6)nc4c3F)c12. The van der Waals surface area contributed by atoms with Crippen LogP contribution in [-0.2, 0) is 0 Å². The average molecular weight is 655 g/mol. The number of piperidine rings is 1. The monoisotopic (exact) mass is 654 g/mol. The molecule has 1 aliphatic carbocycles. The Morgan fingerprint density at radius 1 is 1.22 bits per heavy atom. The minimum atomic E-state index is -0.932. The molecule has 2 aromatic heterocycles. The van der Waals surface area contributed by atoms with E-state index in [1.54, 1.807) is 6.07 Å². The van der Waals surface area contributed by atoms with Crippen molar-refractivity contribution in [3.63, 3.8) is 0 Å². The number of hydrogen-bond acceptors (Lipinski definition) is 8. The highest BCUT2D eigenvalue weighted by Crippen LogP contribution is 2.50. The first kappa shape index (κ1) is 29.1. The van der Waals surface area contributed by atoms with Crippen molar-refractivity contribution in [2.45, 2.75) is 49.9 Å². The molecule has 4 fully saturated rings. The second-order valence-electron chi connectivity index (χ2n) is 12.9. The van der Waals surface area contributed by atoms with E-state index in [9.17, 15) is 13.9 Å². The number of aliphatic hydroxyl groups excluding tert-OH is 1. The van der Waals surface area contributed by atoms with Gasteiger partial charge in [0, 0.05) is 48.3 Å². The number of thiophene rings is 1. The summed E-state index contributed by atoms with van der Waals surface area (Å²) >= 11 is 7.75. The Bertz CT molecular complexity index is 1920. The van der Waals surface area contributed by atoms with Crippen LogP contribution in [0.25, 0.3) is 37.0 Å². The molecule has 0 amide bonds. The van der Waals surface area contributed by atoms with Crippen LogP contribution in [0.15, 0.2) is 18.2 Å². The number of rotatable bonds is 5. The van der Waals surface area contributed by atoms with E-state index in [1.807, 2.05) is 4.90 Å². The number of halogens is 4. The van der Waals surface area contributed by atoms with Crippen molar-refractivity contribution in [1.82, 2.24) is 14.9 Å². The first-order valence-corrected chi connectivity index (χ1v) is 16.4. The van der Waals surface area contributed by atoms with Gasteiger partial charge in [0.1, 0.15) is 29.9 Å². The summed E-state index contributed by atoms with van der Waals surface area (Å²) in [4.78, 5) is 17.0. The Kier molecular flexibility index (Phi) is 6.84. The van der Waals surface area contributed by atoms with Crippen LogP contribution in [0.3, 0.4) is 0 Å². The topological polar surface area (TPSA) is 92.1 Å². The number of ether oxygens (including phenoxy) is 1. The molecule has 8 rings (SSSR count). The van der Waals surface area contributed by atoms with Gasteiger partial charge in [0.2, 0.25) is 5.69 Å². The van der Waals surface area contributed by atoms with E-state index in [1.165, 1.54) is 12.1 Å². The summed E-state index contributed by atoms with van der Waals surface area (Å²) in [7, 11) is 0. The number of nitrogens with zero attached hydrogens (tertiary/aromatic N) is 5. The number of anilines is 2. The second-order valence-corrected chi connectivity index (χ2v) is 14.4. The zero-order valence-corrected chi connectivity index (χ0v) is 25.8. The minimum absolute atomic E-state index is 0.0294. The number of aliphatic hydroxyl groups is 1. The molecule has 3 unspecified atom stereocenters. The van der Waals surface area contributed by atoms with E-state index < -0.39 is 29.4 Å². The summed E-state index contributed by atoms with van der Waals surface area (Å²) in [5, 5.41) is 11.3. The van der Waals surface area contributed by atoms with Crippen LogP contribution in [0.5, 0.6) is 6.01 Å². The van der Waals surface area contributed by atoms with Gasteiger partial charge in [-0.05, 0) is 55.8 Å². The number of fused-ring (bicyclic) bond motifs is 5. The molecular formula is C32H30ClF3N6O2S. The summed E-state index contributed by atoms with van der Waals surface area (Å²) in [6, 6.07) is 4.19. The number of nitrogens with two attached hydrogens (primary N) is 1.